The maximum atomic E-state index is 12.7. The third-order valence-electron chi connectivity index (χ3n) is 2.59. The third-order valence-corrected chi connectivity index (χ3v) is 2.59. The molecule has 0 bridgehead atoms. The molecule has 1 aromatic heterocycles. The average molecular weight is 245 g/mol. The van der Waals surface area contributed by atoms with Crippen LogP contribution in [0.4, 0.5) is 8.78 Å². The van der Waals surface area contributed by atoms with Crippen LogP contribution in [0.5, 0.6) is 0 Å². The van der Waals surface area contributed by atoms with Gasteiger partial charge in [-0.2, -0.15) is 5.10 Å². The van der Waals surface area contributed by atoms with Crippen LogP contribution in [0.25, 0.3) is 0 Å². The fourth-order valence-electron chi connectivity index (χ4n) is 1.77. The molecule has 1 saturated heterocycles. The number of amides is 1. The second-order valence-electron chi connectivity index (χ2n) is 3.81. The molecular formula is C10H13F2N3O2. The van der Waals surface area contributed by atoms with Crippen molar-refractivity contribution in [3.8, 4) is 0 Å². The minimum Gasteiger partial charge on any atom is -0.378 e. The molecule has 7 heteroatoms. The summed E-state index contributed by atoms with van der Waals surface area (Å²) in [4.78, 5) is 13.5. The molecule has 2 rings (SSSR count). The highest BCUT2D eigenvalue weighted by Gasteiger charge is 2.27. The van der Waals surface area contributed by atoms with Gasteiger partial charge in [0.05, 0.1) is 18.8 Å². The topological polar surface area (TPSA) is 47.4 Å². The molecule has 5 nitrogen and oxygen atoms in total. The smallest absolute Gasteiger partial charge is 0.282 e. The van der Waals surface area contributed by atoms with Crippen LogP contribution in [-0.2, 0) is 11.8 Å². The standard InChI is InChI=1S/C10H13F2N3O2/c1-14-6-7(8(13-14)9(11)12)10(16)15-2-4-17-5-3-15/h6,9H,2-5H2,1H3. The molecule has 0 radical (unpaired) electrons. The van der Waals surface area contributed by atoms with Crippen molar-refractivity contribution in [3.05, 3.63) is 17.5 Å². The van der Waals surface area contributed by atoms with E-state index in [1.165, 1.54) is 22.8 Å². The summed E-state index contributed by atoms with van der Waals surface area (Å²) >= 11 is 0. The number of nitrogens with zero attached hydrogens (tertiary/aromatic N) is 3. The van der Waals surface area contributed by atoms with Crippen molar-refractivity contribution in [1.29, 1.82) is 0 Å². The number of carbonyl (C=O) groups is 1. The Kier molecular flexibility index (Phi) is 3.37. The second-order valence-corrected chi connectivity index (χ2v) is 3.81. The lowest BCUT2D eigenvalue weighted by molar-refractivity contribution is 0.0298. The van der Waals surface area contributed by atoms with E-state index in [9.17, 15) is 13.6 Å². The summed E-state index contributed by atoms with van der Waals surface area (Å²) in [7, 11) is 1.52. The number of ether oxygens (including phenoxy) is 1. The molecule has 0 aromatic carbocycles. The minimum absolute atomic E-state index is 0.0237. The number of hydrogen-bond acceptors (Lipinski definition) is 3. The van der Waals surface area contributed by atoms with Crippen molar-refractivity contribution < 1.29 is 18.3 Å². The molecule has 1 fully saturated rings. The van der Waals surface area contributed by atoms with Gasteiger partial charge >= 0.3 is 0 Å². The Morgan fingerprint density at radius 2 is 2.12 bits per heavy atom. The molecule has 0 N–H and O–H groups in total. The Hall–Kier alpha value is -1.50. The first-order chi connectivity index (χ1) is 8.09. The van der Waals surface area contributed by atoms with Crippen molar-refractivity contribution in [2.75, 3.05) is 26.3 Å². The summed E-state index contributed by atoms with van der Waals surface area (Å²) in [6.45, 7) is 1.73. The van der Waals surface area contributed by atoms with Gasteiger partial charge in [-0.25, -0.2) is 8.78 Å². The van der Waals surface area contributed by atoms with E-state index >= 15 is 0 Å². The summed E-state index contributed by atoms with van der Waals surface area (Å²) in [5.41, 5.74) is -0.478. The highest BCUT2D eigenvalue weighted by atomic mass is 19.3. The molecule has 94 valence electrons. The second kappa shape index (κ2) is 4.79. The molecule has 1 aromatic rings. The molecule has 1 aliphatic rings. The zero-order chi connectivity index (χ0) is 12.4. The van der Waals surface area contributed by atoms with Crippen LogP contribution in [0.15, 0.2) is 6.20 Å². The van der Waals surface area contributed by atoms with Crippen LogP contribution in [0.1, 0.15) is 22.5 Å². The highest BCUT2D eigenvalue weighted by molar-refractivity contribution is 5.95. The number of morpholine rings is 1. The first-order valence-corrected chi connectivity index (χ1v) is 5.28. The summed E-state index contributed by atoms with van der Waals surface area (Å²) in [5, 5.41) is 3.61. The highest BCUT2D eigenvalue weighted by Crippen LogP contribution is 2.22. The van der Waals surface area contributed by atoms with Crippen LogP contribution in [0.2, 0.25) is 0 Å². The van der Waals surface area contributed by atoms with E-state index in [1.54, 1.807) is 0 Å². The van der Waals surface area contributed by atoms with Crippen molar-refractivity contribution in [2.45, 2.75) is 6.43 Å². The van der Waals surface area contributed by atoms with Crippen LogP contribution in [-0.4, -0.2) is 46.9 Å². The molecule has 17 heavy (non-hydrogen) atoms. The lowest BCUT2D eigenvalue weighted by Gasteiger charge is -2.26. The average Bonchev–Trinajstić information content (AvgIpc) is 2.72. The van der Waals surface area contributed by atoms with Gasteiger partial charge in [-0.15, -0.1) is 0 Å². The quantitative estimate of drug-likeness (QED) is 0.775. The zero-order valence-electron chi connectivity index (χ0n) is 9.40. The van der Waals surface area contributed by atoms with Crippen LogP contribution in [0.3, 0.4) is 0 Å². The van der Waals surface area contributed by atoms with Gasteiger partial charge in [0.1, 0.15) is 5.69 Å². The summed E-state index contributed by atoms with van der Waals surface area (Å²) in [6.07, 6.45) is -1.41. The van der Waals surface area contributed by atoms with Crippen LogP contribution in [0, 0.1) is 0 Å². The fourth-order valence-corrected chi connectivity index (χ4v) is 1.77. The van der Waals surface area contributed by atoms with Gasteiger partial charge < -0.3 is 9.64 Å². The number of carbonyl (C=O) groups excluding carboxylic acids is 1. The first kappa shape index (κ1) is 12.0. The van der Waals surface area contributed by atoms with Crippen molar-refractivity contribution in [1.82, 2.24) is 14.7 Å². The van der Waals surface area contributed by atoms with E-state index < -0.39 is 18.0 Å². The number of hydrogen-bond donors (Lipinski definition) is 0. The van der Waals surface area contributed by atoms with E-state index in [1.807, 2.05) is 0 Å². The van der Waals surface area contributed by atoms with Crippen LogP contribution < -0.4 is 0 Å². The fraction of sp³-hybridized carbons (Fsp3) is 0.600. The monoisotopic (exact) mass is 245 g/mol. The lowest BCUT2D eigenvalue weighted by Crippen LogP contribution is -2.40. The number of aromatic nitrogens is 2. The Labute approximate surface area is 97.0 Å². The summed E-state index contributed by atoms with van der Waals surface area (Å²) in [5.74, 6) is -0.406. The SMILES string of the molecule is Cn1cc(C(=O)N2CCOCC2)c(C(F)F)n1. The molecule has 0 saturated carbocycles. The Bertz CT molecular complexity index is 414. The van der Waals surface area contributed by atoms with Gasteiger partial charge in [-0.3, -0.25) is 9.48 Å². The van der Waals surface area contributed by atoms with E-state index in [0.29, 0.717) is 26.3 Å². The predicted molar refractivity (Wildman–Crippen MR) is 54.9 cm³/mol. The molecule has 1 aliphatic heterocycles. The maximum absolute atomic E-state index is 12.7. The number of halogens is 2. The van der Waals surface area contributed by atoms with Gasteiger partial charge in [0.15, 0.2) is 0 Å². The van der Waals surface area contributed by atoms with E-state index in [0.717, 1.165) is 0 Å². The van der Waals surface area contributed by atoms with Gasteiger partial charge in [-0.05, 0) is 0 Å². The van der Waals surface area contributed by atoms with Crippen LogP contribution >= 0.6 is 0 Å². The molecule has 1 amide bonds. The number of rotatable bonds is 2. The van der Waals surface area contributed by atoms with Crippen molar-refractivity contribution in [2.24, 2.45) is 7.05 Å². The van der Waals surface area contributed by atoms with Gasteiger partial charge in [0, 0.05) is 26.3 Å². The Morgan fingerprint density at radius 3 is 2.71 bits per heavy atom. The summed E-state index contributed by atoms with van der Waals surface area (Å²) in [6, 6.07) is 0. The predicted octanol–water partition coefficient (Wildman–Crippen LogP) is 0.830. The van der Waals surface area contributed by atoms with E-state index in [2.05, 4.69) is 5.10 Å². The minimum atomic E-state index is -2.74. The number of aryl methyl sites for hydroxylation is 1. The molecule has 0 atom stereocenters. The largest absolute Gasteiger partial charge is 0.378 e. The van der Waals surface area contributed by atoms with Crippen molar-refractivity contribution >= 4 is 5.91 Å². The molecule has 0 spiro atoms. The Balaban J connectivity index is 2.23. The molecule has 0 aliphatic carbocycles. The molecule has 0 unspecified atom stereocenters. The van der Waals surface area contributed by atoms with E-state index in [4.69, 9.17) is 4.74 Å². The van der Waals surface area contributed by atoms with E-state index in [-0.39, 0.29) is 5.56 Å². The Morgan fingerprint density at radius 1 is 1.47 bits per heavy atom. The zero-order valence-corrected chi connectivity index (χ0v) is 9.40. The normalized spacial score (nSPS) is 16.6. The first-order valence-electron chi connectivity index (χ1n) is 5.28. The lowest BCUT2D eigenvalue weighted by atomic mass is 10.2. The third kappa shape index (κ3) is 2.44. The van der Waals surface area contributed by atoms with Gasteiger partial charge in [0.25, 0.3) is 12.3 Å². The van der Waals surface area contributed by atoms with Gasteiger partial charge in [-0.1, -0.05) is 0 Å². The van der Waals surface area contributed by atoms with Crippen molar-refractivity contribution in [3.63, 3.8) is 0 Å². The number of alkyl halides is 2. The summed E-state index contributed by atoms with van der Waals surface area (Å²) < 4.78 is 31.7. The molecule has 2 heterocycles. The molecular weight excluding hydrogens is 232 g/mol. The van der Waals surface area contributed by atoms with Gasteiger partial charge in [0.2, 0.25) is 0 Å². The maximum Gasteiger partial charge on any atom is 0.282 e.